The van der Waals surface area contributed by atoms with Gasteiger partial charge in [0.05, 0.1) is 10.2 Å². The summed E-state index contributed by atoms with van der Waals surface area (Å²) in [5.74, 6) is -0.0928. The quantitative estimate of drug-likeness (QED) is 0.776. The van der Waals surface area contributed by atoms with Crippen molar-refractivity contribution in [1.82, 2.24) is 10.3 Å². The molecular formula is C15H11ClN2O2S. The first kappa shape index (κ1) is 13.9. The SMILES string of the molecule is O=C(NCc1ccccc1Cl)c1nc2ccc(O)cc2s1. The molecule has 1 aromatic heterocycles. The second-order valence-electron chi connectivity index (χ2n) is 4.45. The van der Waals surface area contributed by atoms with Gasteiger partial charge >= 0.3 is 0 Å². The van der Waals surface area contributed by atoms with Gasteiger partial charge in [-0.05, 0) is 29.8 Å². The number of hydrogen-bond donors (Lipinski definition) is 2. The highest BCUT2D eigenvalue weighted by atomic mass is 35.5. The molecule has 0 fully saturated rings. The monoisotopic (exact) mass is 318 g/mol. The summed E-state index contributed by atoms with van der Waals surface area (Å²) in [5, 5.41) is 13.2. The summed E-state index contributed by atoms with van der Waals surface area (Å²) in [6.07, 6.45) is 0. The lowest BCUT2D eigenvalue weighted by Crippen LogP contribution is -2.22. The maximum Gasteiger partial charge on any atom is 0.280 e. The first-order valence-corrected chi connectivity index (χ1v) is 7.44. The van der Waals surface area contributed by atoms with E-state index >= 15 is 0 Å². The summed E-state index contributed by atoms with van der Waals surface area (Å²) in [5.41, 5.74) is 1.55. The molecule has 4 nitrogen and oxygen atoms in total. The number of halogens is 1. The van der Waals surface area contributed by atoms with Crippen LogP contribution in [0.25, 0.3) is 10.2 Å². The maximum atomic E-state index is 12.1. The summed E-state index contributed by atoms with van der Waals surface area (Å²) in [6.45, 7) is 0.347. The molecule has 0 atom stereocenters. The third kappa shape index (κ3) is 2.99. The van der Waals surface area contributed by atoms with Crippen LogP contribution in [0.2, 0.25) is 5.02 Å². The van der Waals surface area contributed by atoms with E-state index in [0.717, 1.165) is 10.3 Å². The lowest BCUT2D eigenvalue weighted by Gasteiger charge is -2.04. The Labute approximate surface area is 130 Å². The van der Waals surface area contributed by atoms with E-state index < -0.39 is 0 Å². The highest BCUT2D eigenvalue weighted by Gasteiger charge is 2.12. The van der Waals surface area contributed by atoms with Gasteiger partial charge < -0.3 is 10.4 Å². The van der Waals surface area contributed by atoms with Crippen molar-refractivity contribution in [1.29, 1.82) is 0 Å². The number of thiazole rings is 1. The lowest BCUT2D eigenvalue weighted by atomic mass is 10.2. The third-order valence-corrected chi connectivity index (χ3v) is 4.35. The molecule has 0 radical (unpaired) electrons. The van der Waals surface area contributed by atoms with Crippen LogP contribution in [0.5, 0.6) is 5.75 Å². The topological polar surface area (TPSA) is 62.2 Å². The molecule has 3 aromatic rings. The Kier molecular flexibility index (Phi) is 3.77. The van der Waals surface area contributed by atoms with Gasteiger partial charge in [0.2, 0.25) is 0 Å². The number of carbonyl (C=O) groups is 1. The Hall–Kier alpha value is -2.11. The van der Waals surface area contributed by atoms with E-state index in [4.69, 9.17) is 11.6 Å². The molecule has 2 aromatic carbocycles. The van der Waals surface area contributed by atoms with Gasteiger partial charge in [0, 0.05) is 11.6 Å². The highest BCUT2D eigenvalue weighted by molar-refractivity contribution is 7.20. The third-order valence-electron chi connectivity index (χ3n) is 2.96. The molecule has 0 aliphatic carbocycles. The summed E-state index contributed by atoms with van der Waals surface area (Å²) in [4.78, 5) is 16.4. The number of nitrogens with zero attached hydrogens (tertiary/aromatic N) is 1. The van der Waals surface area contributed by atoms with Crippen LogP contribution in [0.4, 0.5) is 0 Å². The normalized spacial score (nSPS) is 10.7. The van der Waals surface area contributed by atoms with Crippen molar-refractivity contribution in [2.45, 2.75) is 6.54 Å². The fraction of sp³-hybridized carbons (Fsp3) is 0.0667. The summed E-state index contributed by atoms with van der Waals surface area (Å²) >= 11 is 7.29. The molecule has 1 heterocycles. The van der Waals surface area contributed by atoms with E-state index in [1.165, 1.54) is 11.3 Å². The van der Waals surface area contributed by atoms with Crippen LogP contribution < -0.4 is 5.32 Å². The Balaban J connectivity index is 1.76. The number of amides is 1. The lowest BCUT2D eigenvalue weighted by molar-refractivity contribution is 0.0951. The van der Waals surface area contributed by atoms with Gasteiger partial charge in [0.1, 0.15) is 5.75 Å². The molecule has 6 heteroatoms. The second kappa shape index (κ2) is 5.71. The van der Waals surface area contributed by atoms with Crippen LogP contribution in [0, 0.1) is 0 Å². The molecule has 2 N–H and O–H groups in total. The van der Waals surface area contributed by atoms with Gasteiger partial charge in [-0.3, -0.25) is 4.79 Å². The molecule has 0 spiro atoms. The highest BCUT2D eigenvalue weighted by Crippen LogP contribution is 2.25. The molecule has 0 saturated heterocycles. The van der Waals surface area contributed by atoms with Gasteiger partial charge in [-0.2, -0.15) is 0 Å². The second-order valence-corrected chi connectivity index (χ2v) is 5.88. The molecule has 1 amide bonds. The van der Waals surface area contributed by atoms with Crippen molar-refractivity contribution >= 4 is 39.1 Å². The van der Waals surface area contributed by atoms with Crippen molar-refractivity contribution in [3.8, 4) is 5.75 Å². The summed E-state index contributed by atoms with van der Waals surface area (Å²) in [6, 6.07) is 12.2. The number of aromatic hydroxyl groups is 1. The molecule has 0 aliphatic heterocycles. The number of benzene rings is 2. The number of nitrogens with one attached hydrogen (secondary N) is 1. The number of hydrogen-bond acceptors (Lipinski definition) is 4. The van der Waals surface area contributed by atoms with Crippen LogP contribution in [0.15, 0.2) is 42.5 Å². The number of phenols is 1. The fourth-order valence-electron chi connectivity index (χ4n) is 1.90. The van der Waals surface area contributed by atoms with Crippen molar-refractivity contribution in [3.05, 3.63) is 58.1 Å². The zero-order valence-corrected chi connectivity index (χ0v) is 12.4. The first-order chi connectivity index (χ1) is 10.1. The Bertz CT molecular complexity index is 816. The number of carbonyl (C=O) groups excluding carboxylic acids is 1. The smallest absolute Gasteiger partial charge is 0.280 e. The minimum Gasteiger partial charge on any atom is -0.508 e. The largest absolute Gasteiger partial charge is 0.508 e. The van der Waals surface area contributed by atoms with Crippen molar-refractivity contribution < 1.29 is 9.90 Å². The predicted octanol–water partition coefficient (Wildman–Crippen LogP) is 3.59. The van der Waals surface area contributed by atoms with Crippen molar-refractivity contribution in [3.63, 3.8) is 0 Å². The van der Waals surface area contributed by atoms with Crippen LogP contribution in [0.1, 0.15) is 15.4 Å². The molecule has 0 bridgehead atoms. The molecule has 0 aliphatic rings. The van der Waals surface area contributed by atoms with Gasteiger partial charge in [-0.15, -0.1) is 11.3 Å². The molecule has 106 valence electrons. The first-order valence-electron chi connectivity index (χ1n) is 6.24. The Morgan fingerprint density at radius 1 is 1.29 bits per heavy atom. The minimum absolute atomic E-state index is 0.161. The number of fused-ring (bicyclic) bond motifs is 1. The summed E-state index contributed by atoms with van der Waals surface area (Å²) < 4.78 is 0.776. The van der Waals surface area contributed by atoms with Crippen LogP contribution in [-0.2, 0) is 6.54 Å². The van der Waals surface area contributed by atoms with Gasteiger partial charge in [0.15, 0.2) is 5.01 Å². The van der Waals surface area contributed by atoms with E-state index in [-0.39, 0.29) is 11.7 Å². The Morgan fingerprint density at radius 3 is 2.90 bits per heavy atom. The number of aromatic nitrogens is 1. The van der Waals surface area contributed by atoms with Gasteiger partial charge in [-0.25, -0.2) is 4.98 Å². The standard InChI is InChI=1S/C15H11ClN2O2S/c16-11-4-2-1-3-9(11)8-17-14(20)15-18-12-6-5-10(19)7-13(12)21-15/h1-7,19H,8H2,(H,17,20). The predicted molar refractivity (Wildman–Crippen MR) is 83.9 cm³/mol. The Morgan fingerprint density at radius 2 is 2.10 bits per heavy atom. The zero-order chi connectivity index (χ0) is 14.8. The van der Waals surface area contributed by atoms with Crippen LogP contribution in [0.3, 0.4) is 0 Å². The van der Waals surface area contributed by atoms with E-state index in [1.54, 1.807) is 24.3 Å². The summed E-state index contributed by atoms with van der Waals surface area (Å²) in [7, 11) is 0. The maximum absolute atomic E-state index is 12.1. The molecule has 0 unspecified atom stereocenters. The van der Waals surface area contributed by atoms with E-state index in [0.29, 0.717) is 22.1 Å². The molecular weight excluding hydrogens is 308 g/mol. The fourth-order valence-corrected chi connectivity index (χ4v) is 3.02. The van der Waals surface area contributed by atoms with E-state index in [1.807, 2.05) is 18.2 Å². The van der Waals surface area contributed by atoms with Crippen molar-refractivity contribution in [2.24, 2.45) is 0 Å². The number of rotatable bonds is 3. The van der Waals surface area contributed by atoms with Gasteiger partial charge in [-0.1, -0.05) is 29.8 Å². The molecule has 3 rings (SSSR count). The minimum atomic E-state index is -0.254. The van der Waals surface area contributed by atoms with Gasteiger partial charge in [0.25, 0.3) is 5.91 Å². The average Bonchev–Trinajstić information content (AvgIpc) is 2.89. The van der Waals surface area contributed by atoms with Crippen molar-refractivity contribution in [2.75, 3.05) is 0 Å². The molecule has 0 saturated carbocycles. The van der Waals surface area contributed by atoms with E-state index in [9.17, 15) is 9.90 Å². The molecule has 21 heavy (non-hydrogen) atoms. The zero-order valence-electron chi connectivity index (χ0n) is 10.8. The number of phenolic OH excluding ortho intramolecular Hbond substituents is 1. The van der Waals surface area contributed by atoms with Crippen LogP contribution >= 0.6 is 22.9 Å². The average molecular weight is 319 g/mol. The van der Waals surface area contributed by atoms with E-state index in [2.05, 4.69) is 10.3 Å². The van der Waals surface area contributed by atoms with Crippen LogP contribution in [-0.4, -0.2) is 16.0 Å².